The molecule has 1 aromatic heterocycles. The summed E-state index contributed by atoms with van der Waals surface area (Å²) in [6.45, 7) is 7.80. The van der Waals surface area contributed by atoms with Crippen LogP contribution in [-0.2, 0) is 19.5 Å². The van der Waals surface area contributed by atoms with Crippen LogP contribution in [0, 0.1) is 0 Å². The maximum absolute atomic E-state index is 4.62. The monoisotopic (exact) mass is 292 g/mol. The Morgan fingerprint density at radius 2 is 2.10 bits per heavy atom. The van der Waals surface area contributed by atoms with E-state index in [0.717, 1.165) is 43.7 Å². The molecule has 0 spiro atoms. The number of fused-ring (bicyclic) bond motifs is 1. The van der Waals surface area contributed by atoms with Gasteiger partial charge in [-0.15, -0.1) is 10.2 Å². The van der Waals surface area contributed by atoms with Crippen LogP contribution in [-0.4, -0.2) is 33.8 Å². The van der Waals surface area contributed by atoms with Crippen molar-refractivity contribution in [2.45, 2.75) is 65.5 Å². The highest BCUT2D eigenvalue weighted by Gasteiger charge is 2.16. The predicted molar refractivity (Wildman–Crippen MR) is 85.3 cm³/mol. The summed E-state index contributed by atoms with van der Waals surface area (Å²) < 4.78 is 2.20. The zero-order chi connectivity index (χ0) is 14.9. The van der Waals surface area contributed by atoms with Crippen LogP contribution in [0.1, 0.15) is 57.6 Å². The second kappa shape index (κ2) is 8.64. The van der Waals surface area contributed by atoms with Gasteiger partial charge in [-0.2, -0.15) is 0 Å². The van der Waals surface area contributed by atoms with E-state index in [1.54, 1.807) is 0 Å². The molecular formula is C15H28N6. The average molecular weight is 292 g/mol. The molecule has 0 atom stereocenters. The van der Waals surface area contributed by atoms with E-state index < -0.39 is 0 Å². The molecule has 2 N–H and O–H groups in total. The normalized spacial score (nSPS) is 14.3. The predicted octanol–water partition coefficient (Wildman–Crippen LogP) is 1.86. The maximum Gasteiger partial charge on any atom is 0.191 e. The standard InChI is InChI=1S/C15H28N6/c1-3-5-6-7-10-17-15(16-4-2)18-12-14-20-19-13-9-8-11-21(13)14/h3-12H2,1-2H3,(H2,16,17,18). The molecule has 0 unspecified atom stereocenters. The number of unbranched alkanes of at least 4 members (excludes halogenated alkanes) is 3. The Morgan fingerprint density at radius 3 is 2.90 bits per heavy atom. The van der Waals surface area contributed by atoms with Crippen LogP contribution in [0.15, 0.2) is 4.99 Å². The van der Waals surface area contributed by atoms with Gasteiger partial charge in [0.25, 0.3) is 0 Å². The first-order chi connectivity index (χ1) is 10.3. The maximum atomic E-state index is 4.62. The first-order valence-electron chi connectivity index (χ1n) is 8.28. The molecule has 6 nitrogen and oxygen atoms in total. The van der Waals surface area contributed by atoms with Gasteiger partial charge >= 0.3 is 0 Å². The molecular weight excluding hydrogens is 264 g/mol. The van der Waals surface area contributed by atoms with Gasteiger partial charge in [-0.1, -0.05) is 26.2 Å². The van der Waals surface area contributed by atoms with Crippen molar-refractivity contribution < 1.29 is 0 Å². The third-order valence-electron chi connectivity index (χ3n) is 3.73. The van der Waals surface area contributed by atoms with Crippen LogP contribution in [0.4, 0.5) is 0 Å². The van der Waals surface area contributed by atoms with Gasteiger partial charge in [0.1, 0.15) is 12.4 Å². The lowest BCUT2D eigenvalue weighted by Crippen LogP contribution is -2.37. The summed E-state index contributed by atoms with van der Waals surface area (Å²) in [6.07, 6.45) is 7.27. The van der Waals surface area contributed by atoms with Gasteiger partial charge < -0.3 is 15.2 Å². The van der Waals surface area contributed by atoms with Crippen molar-refractivity contribution in [3.63, 3.8) is 0 Å². The Hall–Kier alpha value is -1.59. The Bertz CT molecular complexity index is 451. The zero-order valence-corrected chi connectivity index (χ0v) is 13.4. The molecule has 21 heavy (non-hydrogen) atoms. The topological polar surface area (TPSA) is 67.1 Å². The molecule has 0 bridgehead atoms. The van der Waals surface area contributed by atoms with E-state index in [1.165, 1.54) is 32.1 Å². The Balaban J connectivity index is 1.82. The number of aryl methyl sites for hydroxylation is 1. The van der Waals surface area contributed by atoms with Gasteiger partial charge in [-0.25, -0.2) is 4.99 Å². The van der Waals surface area contributed by atoms with Crippen molar-refractivity contribution >= 4 is 5.96 Å². The molecule has 2 heterocycles. The van der Waals surface area contributed by atoms with E-state index in [-0.39, 0.29) is 0 Å². The number of rotatable bonds is 8. The zero-order valence-electron chi connectivity index (χ0n) is 13.4. The summed E-state index contributed by atoms with van der Waals surface area (Å²) >= 11 is 0. The summed E-state index contributed by atoms with van der Waals surface area (Å²) in [5, 5.41) is 15.1. The number of hydrogen-bond acceptors (Lipinski definition) is 3. The van der Waals surface area contributed by atoms with Gasteiger partial charge in [-0.05, 0) is 19.8 Å². The lowest BCUT2D eigenvalue weighted by Gasteiger charge is -2.11. The summed E-state index contributed by atoms with van der Waals surface area (Å²) in [5.74, 6) is 2.97. The van der Waals surface area contributed by atoms with Crippen LogP contribution in [0.5, 0.6) is 0 Å². The molecule has 0 radical (unpaired) electrons. The summed E-state index contributed by atoms with van der Waals surface area (Å²) in [5.41, 5.74) is 0. The largest absolute Gasteiger partial charge is 0.357 e. The lowest BCUT2D eigenvalue weighted by molar-refractivity contribution is 0.645. The highest BCUT2D eigenvalue weighted by molar-refractivity contribution is 5.79. The fourth-order valence-corrected chi connectivity index (χ4v) is 2.58. The van der Waals surface area contributed by atoms with Crippen LogP contribution in [0.25, 0.3) is 0 Å². The van der Waals surface area contributed by atoms with E-state index in [9.17, 15) is 0 Å². The number of guanidine groups is 1. The Morgan fingerprint density at radius 1 is 1.19 bits per heavy atom. The van der Waals surface area contributed by atoms with Crippen molar-refractivity contribution in [1.82, 2.24) is 25.4 Å². The van der Waals surface area contributed by atoms with Gasteiger partial charge in [0.2, 0.25) is 0 Å². The number of hydrogen-bond donors (Lipinski definition) is 2. The van der Waals surface area contributed by atoms with Crippen molar-refractivity contribution in [3.8, 4) is 0 Å². The molecule has 1 aromatic rings. The second-order valence-corrected chi connectivity index (χ2v) is 5.47. The fourth-order valence-electron chi connectivity index (χ4n) is 2.58. The summed E-state index contributed by atoms with van der Waals surface area (Å²) in [6, 6.07) is 0. The van der Waals surface area contributed by atoms with Gasteiger partial charge in [0.05, 0.1) is 0 Å². The fraction of sp³-hybridized carbons (Fsp3) is 0.800. The van der Waals surface area contributed by atoms with Gasteiger partial charge in [-0.3, -0.25) is 0 Å². The molecule has 0 saturated heterocycles. The summed E-state index contributed by atoms with van der Waals surface area (Å²) in [4.78, 5) is 4.62. The van der Waals surface area contributed by atoms with E-state index in [1.807, 2.05) is 0 Å². The smallest absolute Gasteiger partial charge is 0.191 e. The summed E-state index contributed by atoms with van der Waals surface area (Å²) in [7, 11) is 0. The quantitative estimate of drug-likeness (QED) is 0.436. The number of nitrogens with zero attached hydrogens (tertiary/aromatic N) is 4. The number of aliphatic imine (C=N–C) groups is 1. The van der Waals surface area contributed by atoms with E-state index in [2.05, 4.69) is 44.2 Å². The number of aromatic nitrogens is 3. The molecule has 118 valence electrons. The first kappa shape index (κ1) is 15.8. The Labute approximate surface area is 127 Å². The van der Waals surface area contributed by atoms with Gasteiger partial charge in [0.15, 0.2) is 11.8 Å². The van der Waals surface area contributed by atoms with Crippen molar-refractivity contribution in [1.29, 1.82) is 0 Å². The van der Waals surface area contributed by atoms with Crippen molar-refractivity contribution in [2.24, 2.45) is 4.99 Å². The molecule has 6 heteroatoms. The highest BCUT2D eigenvalue weighted by Crippen LogP contribution is 2.14. The van der Waals surface area contributed by atoms with Crippen LogP contribution < -0.4 is 10.6 Å². The number of nitrogens with one attached hydrogen (secondary N) is 2. The van der Waals surface area contributed by atoms with Crippen LogP contribution in [0.2, 0.25) is 0 Å². The molecule has 2 rings (SSSR count). The van der Waals surface area contributed by atoms with E-state index in [0.29, 0.717) is 6.54 Å². The molecule has 0 fully saturated rings. The first-order valence-corrected chi connectivity index (χ1v) is 8.28. The van der Waals surface area contributed by atoms with E-state index in [4.69, 9.17) is 0 Å². The minimum Gasteiger partial charge on any atom is -0.357 e. The van der Waals surface area contributed by atoms with E-state index >= 15 is 0 Å². The van der Waals surface area contributed by atoms with Gasteiger partial charge in [0, 0.05) is 26.1 Å². The third-order valence-corrected chi connectivity index (χ3v) is 3.73. The highest BCUT2D eigenvalue weighted by atomic mass is 15.3. The molecule has 0 aliphatic carbocycles. The molecule has 1 aliphatic rings. The minimum atomic E-state index is 0.595. The minimum absolute atomic E-state index is 0.595. The van der Waals surface area contributed by atoms with Crippen LogP contribution in [0.3, 0.4) is 0 Å². The van der Waals surface area contributed by atoms with Crippen LogP contribution >= 0.6 is 0 Å². The average Bonchev–Trinajstić information content (AvgIpc) is 3.08. The second-order valence-electron chi connectivity index (χ2n) is 5.47. The molecule has 1 aliphatic heterocycles. The molecule has 0 amide bonds. The van der Waals surface area contributed by atoms with Crippen molar-refractivity contribution in [3.05, 3.63) is 11.6 Å². The SMILES string of the molecule is CCCCCCNC(=NCc1nnc2n1CCC2)NCC. The van der Waals surface area contributed by atoms with Crippen molar-refractivity contribution in [2.75, 3.05) is 13.1 Å². The lowest BCUT2D eigenvalue weighted by atomic mass is 10.2. The molecule has 0 saturated carbocycles. The molecule has 0 aromatic carbocycles. The third kappa shape index (κ3) is 4.72. The Kier molecular flexibility index (Phi) is 6.50.